The average Bonchev–Trinajstić information content (AvgIpc) is 3.43. The van der Waals surface area contributed by atoms with Crippen LogP contribution in [0.3, 0.4) is 0 Å². The van der Waals surface area contributed by atoms with Gasteiger partial charge in [0.2, 0.25) is 0 Å². The molecule has 0 aliphatic heterocycles. The molecule has 0 unspecified atom stereocenters. The molecule has 2 aliphatic carbocycles. The molecule has 11 heteroatoms. The van der Waals surface area contributed by atoms with E-state index in [0.29, 0.717) is 42.8 Å². The maximum Gasteiger partial charge on any atom is 0.280 e. The molecule has 1 aromatic carbocycles. The van der Waals surface area contributed by atoms with E-state index in [1.165, 1.54) is 24.3 Å². The van der Waals surface area contributed by atoms with Crippen LogP contribution < -0.4 is 5.32 Å². The summed E-state index contributed by atoms with van der Waals surface area (Å²) < 4.78 is 43.8. The molecule has 1 N–H and O–H groups in total. The van der Waals surface area contributed by atoms with Gasteiger partial charge in [-0.15, -0.1) is 0 Å². The van der Waals surface area contributed by atoms with Crippen LogP contribution in [0.1, 0.15) is 44.6 Å². The molecule has 172 valence electrons. The van der Waals surface area contributed by atoms with Crippen molar-refractivity contribution in [1.82, 2.24) is 4.98 Å². The minimum atomic E-state index is -3.35. The third-order valence-electron chi connectivity index (χ3n) is 5.36. The number of thiazole rings is 1. The third kappa shape index (κ3) is 5.33. The number of sulfone groups is 1. The number of halogens is 1. The second kappa shape index (κ2) is 9.63. The molecule has 2 aromatic rings. The van der Waals surface area contributed by atoms with E-state index in [-0.39, 0.29) is 33.2 Å². The Kier molecular flexibility index (Phi) is 6.87. The molecule has 4 rings (SSSR count). The molecule has 1 heterocycles. The maximum atomic E-state index is 13.3. The van der Waals surface area contributed by atoms with Gasteiger partial charge in [-0.2, -0.15) is 4.39 Å². The SMILES string of the molecule is CCO[C@@H]1CC[C@@H](O/N=C(/C(=O)Nc2ncc(F)s2)c2ccc(S(=O)(=O)C3CC3)cc2)C1. The lowest BCUT2D eigenvalue weighted by Gasteiger charge is -2.12. The topological polar surface area (TPSA) is 107 Å². The van der Waals surface area contributed by atoms with Crippen LogP contribution in [0.2, 0.25) is 0 Å². The summed E-state index contributed by atoms with van der Waals surface area (Å²) in [5.41, 5.74) is 0.337. The predicted octanol–water partition coefficient (Wildman–Crippen LogP) is 3.54. The van der Waals surface area contributed by atoms with E-state index in [2.05, 4.69) is 15.5 Å². The minimum absolute atomic E-state index is 0.0455. The monoisotopic (exact) mass is 481 g/mol. The Morgan fingerprint density at radius 3 is 2.56 bits per heavy atom. The quantitative estimate of drug-likeness (QED) is 0.434. The van der Waals surface area contributed by atoms with E-state index >= 15 is 0 Å². The highest BCUT2D eigenvalue weighted by molar-refractivity contribution is 7.92. The highest BCUT2D eigenvalue weighted by Gasteiger charge is 2.37. The molecule has 1 aromatic heterocycles. The molecule has 8 nitrogen and oxygen atoms in total. The Balaban J connectivity index is 1.54. The fourth-order valence-corrected chi connectivity index (χ4v) is 5.77. The zero-order chi connectivity index (χ0) is 22.7. The van der Waals surface area contributed by atoms with Crippen LogP contribution in [-0.2, 0) is 24.2 Å². The van der Waals surface area contributed by atoms with Crippen molar-refractivity contribution in [2.45, 2.75) is 61.4 Å². The summed E-state index contributed by atoms with van der Waals surface area (Å²) in [7, 11) is -3.35. The minimum Gasteiger partial charge on any atom is -0.392 e. The number of amides is 1. The van der Waals surface area contributed by atoms with Gasteiger partial charge in [0.05, 0.1) is 22.4 Å². The summed E-state index contributed by atoms with van der Waals surface area (Å²) in [6, 6.07) is 5.99. The smallest absolute Gasteiger partial charge is 0.280 e. The summed E-state index contributed by atoms with van der Waals surface area (Å²) in [6.45, 7) is 2.55. The number of ether oxygens (including phenoxy) is 1. The van der Waals surface area contributed by atoms with Gasteiger partial charge in [-0.25, -0.2) is 13.4 Å². The predicted molar refractivity (Wildman–Crippen MR) is 118 cm³/mol. The lowest BCUT2D eigenvalue weighted by atomic mass is 10.1. The Bertz CT molecular complexity index is 1100. The summed E-state index contributed by atoms with van der Waals surface area (Å²) in [4.78, 5) is 22.5. The van der Waals surface area contributed by atoms with Gasteiger partial charge in [0, 0.05) is 18.6 Å². The standard InChI is InChI=1S/C21H24FN3O5S2/c1-2-29-14-5-6-15(11-14)30-25-19(20(26)24-21-23-12-18(22)31-21)13-3-7-16(8-4-13)32(27,28)17-9-10-17/h3-4,7-8,12,14-15,17H,2,5-6,9-11H2,1H3,(H,23,24,26)/b25-19+/t14-,15-/m1/s1. The number of carbonyl (C=O) groups excluding carboxylic acids is 1. The van der Waals surface area contributed by atoms with E-state index in [4.69, 9.17) is 9.57 Å². The number of aromatic nitrogens is 1. The fourth-order valence-electron chi connectivity index (χ4n) is 3.58. The molecule has 0 spiro atoms. The first-order valence-corrected chi connectivity index (χ1v) is 12.9. The van der Waals surface area contributed by atoms with Crippen molar-refractivity contribution >= 4 is 37.9 Å². The lowest BCUT2D eigenvalue weighted by molar-refractivity contribution is -0.110. The second-order valence-electron chi connectivity index (χ2n) is 7.75. The van der Waals surface area contributed by atoms with Gasteiger partial charge in [0.15, 0.2) is 25.8 Å². The molecular weight excluding hydrogens is 457 g/mol. The normalized spacial score (nSPS) is 21.5. The van der Waals surface area contributed by atoms with Crippen molar-refractivity contribution in [3.8, 4) is 0 Å². The van der Waals surface area contributed by atoms with Crippen LogP contribution >= 0.6 is 11.3 Å². The van der Waals surface area contributed by atoms with Gasteiger partial charge in [0.1, 0.15) is 6.10 Å². The summed E-state index contributed by atoms with van der Waals surface area (Å²) in [6.07, 6.45) is 4.52. The number of nitrogens with zero attached hydrogens (tertiary/aromatic N) is 2. The number of carbonyl (C=O) groups is 1. The molecule has 0 bridgehead atoms. The Labute approximate surface area is 189 Å². The van der Waals surface area contributed by atoms with E-state index in [0.717, 1.165) is 19.0 Å². The molecule has 0 saturated heterocycles. The van der Waals surface area contributed by atoms with Crippen molar-refractivity contribution in [3.63, 3.8) is 0 Å². The largest absolute Gasteiger partial charge is 0.392 e. The van der Waals surface area contributed by atoms with E-state index in [1.807, 2.05) is 6.92 Å². The number of rotatable bonds is 9. The fraction of sp³-hybridized carbons (Fsp3) is 0.476. The lowest BCUT2D eigenvalue weighted by Crippen LogP contribution is -2.25. The molecule has 1 amide bonds. The first-order chi connectivity index (χ1) is 15.4. The van der Waals surface area contributed by atoms with Gasteiger partial charge in [-0.05, 0) is 44.7 Å². The van der Waals surface area contributed by atoms with Crippen molar-refractivity contribution in [2.75, 3.05) is 11.9 Å². The molecule has 2 atom stereocenters. The first-order valence-electron chi connectivity index (χ1n) is 10.5. The van der Waals surface area contributed by atoms with Gasteiger partial charge < -0.3 is 9.57 Å². The summed E-state index contributed by atoms with van der Waals surface area (Å²) >= 11 is 0.692. The summed E-state index contributed by atoms with van der Waals surface area (Å²) in [5.74, 6) is -0.628. The molecule has 2 fully saturated rings. The molecule has 2 aliphatic rings. The van der Waals surface area contributed by atoms with Crippen LogP contribution in [0.4, 0.5) is 9.52 Å². The molecular formula is C21H24FN3O5S2. The van der Waals surface area contributed by atoms with E-state index in [9.17, 15) is 17.6 Å². The number of hydrogen-bond donors (Lipinski definition) is 1. The van der Waals surface area contributed by atoms with Crippen LogP contribution in [-0.4, -0.2) is 49.1 Å². The first kappa shape index (κ1) is 22.8. The van der Waals surface area contributed by atoms with Gasteiger partial charge in [0.25, 0.3) is 5.91 Å². The van der Waals surface area contributed by atoms with Gasteiger partial charge >= 0.3 is 0 Å². The molecule has 2 saturated carbocycles. The number of hydrogen-bond acceptors (Lipinski definition) is 8. The zero-order valence-corrected chi connectivity index (χ0v) is 19.1. The zero-order valence-electron chi connectivity index (χ0n) is 17.5. The highest BCUT2D eigenvalue weighted by atomic mass is 32.2. The van der Waals surface area contributed by atoms with Crippen molar-refractivity contribution in [3.05, 3.63) is 41.2 Å². The average molecular weight is 482 g/mol. The van der Waals surface area contributed by atoms with Gasteiger partial charge in [-0.3, -0.25) is 10.1 Å². The van der Waals surface area contributed by atoms with Gasteiger partial charge in [-0.1, -0.05) is 28.6 Å². The maximum absolute atomic E-state index is 13.3. The Hall–Kier alpha value is -2.37. The van der Waals surface area contributed by atoms with Crippen LogP contribution in [0.15, 0.2) is 40.5 Å². The van der Waals surface area contributed by atoms with E-state index in [1.54, 1.807) is 0 Å². The Morgan fingerprint density at radius 1 is 1.22 bits per heavy atom. The van der Waals surface area contributed by atoms with Crippen LogP contribution in [0.25, 0.3) is 0 Å². The summed E-state index contributed by atoms with van der Waals surface area (Å²) in [5, 5.41) is 5.84. The third-order valence-corrected chi connectivity index (χ3v) is 8.34. The number of oxime groups is 1. The number of benzene rings is 1. The Morgan fingerprint density at radius 2 is 1.94 bits per heavy atom. The van der Waals surface area contributed by atoms with Crippen molar-refractivity contribution in [1.29, 1.82) is 0 Å². The van der Waals surface area contributed by atoms with Crippen LogP contribution in [0, 0.1) is 5.13 Å². The van der Waals surface area contributed by atoms with Crippen LogP contribution in [0.5, 0.6) is 0 Å². The second-order valence-corrected chi connectivity index (χ2v) is 11.0. The van der Waals surface area contributed by atoms with Crippen molar-refractivity contribution < 1.29 is 27.2 Å². The molecule has 0 radical (unpaired) electrons. The van der Waals surface area contributed by atoms with Crippen molar-refractivity contribution in [2.24, 2.45) is 5.16 Å². The molecule has 32 heavy (non-hydrogen) atoms. The van der Waals surface area contributed by atoms with E-state index < -0.39 is 20.9 Å². The number of nitrogens with one attached hydrogen (secondary N) is 1. The number of anilines is 1. The highest BCUT2D eigenvalue weighted by Crippen LogP contribution is 2.33.